The molecule has 0 amide bonds. The van der Waals surface area contributed by atoms with Crippen molar-refractivity contribution in [3.63, 3.8) is 0 Å². The third-order valence-corrected chi connectivity index (χ3v) is 4.67. The van der Waals surface area contributed by atoms with Crippen molar-refractivity contribution in [1.82, 2.24) is 0 Å². The Balaban J connectivity index is 1.90. The van der Waals surface area contributed by atoms with Gasteiger partial charge in [-0.1, -0.05) is 43.7 Å². The molecule has 2 bridgehead atoms. The number of rotatable bonds is 6. The monoisotopic (exact) mass is 270 g/mol. The molecule has 0 aliphatic carbocycles. The third-order valence-electron chi connectivity index (χ3n) is 4.67. The van der Waals surface area contributed by atoms with Gasteiger partial charge in [-0.15, -0.1) is 6.58 Å². The Morgan fingerprint density at radius 1 is 1.30 bits per heavy atom. The standard InChI is InChI=1S/C18H22O2/c1-3-5-11-15(19)16-14(8-4-2)17-12-9-6-7-10-13(12)18(16)20-17/h4,6-7,9-10,14,16-18H,2-3,5,8,11H2,1H3/t14-,16-,17+,18-/m1/s1. The van der Waals surface area contributed by atoms with Gasteiger partial charge < -0.3 is 4.74 Å². The molecular formula is C18H22O2. The first-order valence-electron chi connectivity index (χ1n) is 7.65. The molecule has 2 heterocycles. The lowest BCUT2D eigenvalue weighted by Gasteiger charge is -2.28. The van der Waals surface area contributed by atoms with Crippen molar-refractivity contribution in [3.8, 4) is 0 Å². The molecule has 1 saturated heterocycles. The number of carbonyl (C=O) groups is 1. The molecule has 106 valence electrons. The second-order valence-electron chi connectivity index (χ2n) is 5.89. The Labute approximate surface area is 120 Å². The lowest BCUT2D eigenvalue weighted by Crippen LogP contribution is -2.28. The molecule has 0 radical (unpaired) electrons. The maximum atomic E-state index is 12.6. The van der Waals surface area contributed by atoms with Crippen LogP contribution in [0.25, 0.3) is 0 Å². The Morgan fingerprint density at radius 3 is 2.65 bits per heavy atom. The third kappa shape index (κ3) is 2.03. The molecule has 2 aliphatic heterocycles. The van der Waals surface area contributed by atoms with Crippen molar-refractivity contribution in [3.05, 3.63) is 48.0 Å². The zero-order valence-electron chi connectivity index (χ0n) is 12.0. The Hall–Kier alpha value is -1.41. The lowest BCUT2D eigenvalue weighted by molar-refractivity contribution is -0.125. The number of Topliss-reactive ketones (excluding diaryl/α,β-unsaturated/α-hetero) is 1. The van der Waals surface area contributed by atoms with E-state index in [0.29, 0.717) is 12.2 Å². The zero-order valence-corrected chi connectivity index (χ0v) is 12.0. The number of carbonyl (C=O) groups excluding carboxylic acids is 1. The van der Waals surface area contributed by atoms with Crippen LogP contribution in [0.5, 0.6) is 0 Å². The van der Waals surface area contributed by atoms with E-state index in [1.165, 1.54) is 11.1 Å². The maximum absolute atomic E-state index is 12.6. The van der Waals surface area contributed by atoms with E-state index in [4.69, 9.17) is 4.74 Å². The summed E-state index contributed by atoms with van der Waals surface area (Å²) < 4.78 is 6.15. The first-order chi connectivity index (χ1) is 9.77. The summed E-state index contributed by atoms with van der Waals surface area (Å²) in [5.74, 6) is 0.678. The second kappa shape index (κ2) is 5.53. The highest BCUT2D eigenvalue weighted by Crippen LogP contribution is 2.58. The van der Waals surface area contributed by atoms with Crippen LogP contribution in [-0.2, 0) is 9.53 Å². The van der Waals surface area contributed by atoms with Gasteiger partial charge in [-0.3, -0.25) is 4.79 Å². The molecule has 1 aromatic rings. The molecule has 0 spiro atoms. The van der Waals surface area contributed by atoms with E-state index >= 15 is 0 Å². The number of allylic oxidation sites excluding steroid dienone is 1. The van der Waals surface area contributed by atoms with Crippen molar-refractivity contribution in [2.75, 3.05) is 0 Å². The smallest absolute Gasteiger partial charge is 0.139 e. The van der Waals surface area contributed by atoms with E-state index in [1.54, 1.807) is 0 Å². The molecule has 2 nitrogen and oxygen atoms in total. The summed E-state index contributed by atoms with van der Waals surface area (Å²) in [7, 11) is 0. The van der Waals surface area contributed by atoms with E-state index < -0.39 is 0 Å². The van der Waals surface area contributed by atoms with E-state index in [9.17, 15) is 4.79 Å². The van der Waals surface area contributed by atoms with Crippen LogP contribution in [0, 0.1) is 11.8 Å². The van der Waals surface area contributed by atoms with Crippen molar-refractivity contribution in [1.29, 1.82) is 0 Å². The fourth-order valence-electron chi connectivity index (χ4n) is 3.74. The summed E-state index contributed by atoms with van der Waals surface area (Å²) in [6, 6.07) is 8.35. The van der Waals surface area contributed by atoms with Crippen LogP contribution >= 0.6 is 0 Å². The largest absolute Gasteiger partial charge is 0.364 e. The highest BCUT2D eigenvalue weighted by molar-refractivity contribution is 5.83. The van der Waals surface area contributed by atoms with Crippen LogP contribution in [-0.4, -0.2) is 5.78 Å². The van der Waals surface area contributed by atoms with Gasteiger partial charge in [-0.25, -0.2) is 0 Å². The number of hydrogen-bond acceptors (Lipinski definition) is 2. The molecule has 2 heteroatoms. The van der Waals surface area contributed by atoms with Crippen molar-refractivity contribution < 1.29 is 9.53 Å². The second-order valence-corrected chi connectivity index (χ2v) is 5.89. The van der Waals surface area contributed by atoms with Crippen LogP contribution in [0.4, 0.5) is 0 Å². The van der Waals surface area contributed by atoms with Crippen molar-refractivity contribution in [2.24, 2.45) is 11.8 Å². The van der Waals surface area contributed by atoms with Crippen LogP contribution in [0.3, 0.4) is 0 Å². The maximum Gasteiger partial charge on any atom is 0.139 e. The van der Waals surface area contributed by atoms with Gasteiger partial charge in [-0.05, 0) is 24.0 Å². The predicted octanol–water partition coefficient (Wildman–Crippen LogP) is 4.38. The van der Waals surface area contributed by atoms with Gasteiger partial charge in [0.1, 0.15) is 5.78 Å². The van der Waals surface area contributed by atoms with Crippen molar-refractivity contribution in [2.45, 2.75) is 44.8 Å². The van der Waals surface area contributed by atoms with Gasteiger partial charge in [0.15, 0.2) is 0 Å². The SMILES string of the molecule is C=CC[C@@H]1[C@H](C(=O)CCCC)[C@@H]2O[C@H]1c1ccccc12. The van der Waals surface area contributed by atoms with Gasteiger partial charge in [0, 0.05) is 12.3 Å². The van der Waals surface area contributed by atoms with E-state index in [0.717, 1.165) is 19.3 Å². The van der Waals surface area contributed by atoms with Gasteiger partial charge in [0.2, 0.25) is 0 Å². The fourth-order valence-corrected chi connectivity index (χ4v) is 3.74. The van der Waals surface area contributed by atoms with E-state index in [1.807, 2.05) is 12.1 Å². The zero-order chi connectivity index (χ0) is 14.1. The van der Waals surface area contributed by atoms with Gasteiger partial charge in [0.05, 0.1) is 18.1 Å². The first kappa shape index (κ1) is 13.6. The van der Waals surface area contributed by atoms with Gasteiger partial charge in [-0.2, -0.15) is 0 Å². The number of ketones is 1. The van der Waals surface area contributed by atoms with E-state index in [-0.39, 0.29) is 24.0 Å². The molecule has 2 aliphatic rings. The first-order valence-corrected chi connectivity index (χ1v) is 7.65. The molecule has 1 aromatic carbocycles. The molecule has 0 N–H and O–H groups in total. The van der Waals surface area contributed by atoms with Crippen LogP contribution in [0.1, 0.15) is 55.9 Å². The predicted molar refractivity (Wildman–Crippen MR) is 79.3 cm³/mol. The number of fused-ring (bicyclic) bond motifs is 5. The Bertz CT molecular complexity index is 520. The van der Waals surface area contributed by atoms with Crippen LogP contribution in [0.15, 0.2) is 36.9 Å². The molecule has 1 fully saturated rings. The molecular weight excluding hydrogens is 248 g/mol. The topological polar surface area (TPSA) is 26.3 Å². The average molecular weight is 270 g/mol. The lowest BCUT2D eigenvalue weighted by atomic mass is 9.72. The molecule has 0 aromatic heterocycles. The Morgan fingerprint density at radius 2 is 2.00 bits per heavy atom. The summed E-state index contributed by atoms with van der Waals surface area (Å²) >= 11 is 0. The minimum Gasteiger partial charge on any atom is -0.364 e. The molecule has 20 heavy (non-hydrogen) atoms. The summed E-state index contributed by atoms with van der Waals surface area (Å²) in [5.41, 5.74) is 2.51. The number of hydrogen-bond donors (Lipinski definition) is 0. The number of ether oxygens (including phenoxy) is 1. The summed E-state index contributed by atoms with van der Waals surface area (Å²) in [4.78, 5) is 12.6. The van der Waals surface area contributed by atoms with E-state index in [2.05, 4.69) is 31.7 Å². The van der Waals surface area contributed by atoms with Gasteiger partial charge >= 0.3 is 0 Å². The number of unbranched alkanes of at least 4 members (excludes halogenated alkanes) is 1. The number of benzene rings is 1. The highest BCUT2D eigenvalue weighted by Gasteiger charge is 2.53. The van der Waals surface area contributed by atoms with Crippen LogP contribution < -0.4 is 0 Å². The molecule has 0 unspecified atom stereocenters. The summed E-state index contributed by atoms with van der Waals surface area (Å²) in [6.07, 6.45) is 5.58. The minimum absolute atomic E-state index is 0.0227. The van der Waals surface area contributed by atoms with Gasteiger partial charge in [0.25, 0.3) is 0 Å². The fraction of sp³-hybridized carbons (Fsp3) is 0.500. The minimum atomic E-state index is -0.0227. The quantitative estimate of drug-likeness (QED) is 0.717. The normalized spacial score (nSPS) is 30.2. The van der Waals surface area contributed by atoms with Crippen LogP contribution in [0.2, 0.25) is 0 Å². The molecule has 4 atom stereocenters. The Kier molecular flexibility index (Phi) is 3.75. The summed E-state index contributed by atoms with van der Waals surface area (Å²) in [6.45, 7) is 5.98. The average Bonchev–Trinajstić information content (AvgIpc) is 3.02. The molecule has 0 saturated carbocycles. The molecule has 3 rings (SSSR count). The highest BCUT2D eigenvalue weighted by atomic mass is 16.5. The summed E-state index contributed by atoms with van der Waals surface area (Å²) in [5, 5.41) is 0. The van der Waals surface area contributed by atoms with Crippen molar-refractivity contribution >= 4 is 5.78 Å².